The van der Waals surface area contributed by atoms with Crippen molar-refractivity contribution in [1.29, 1.82) is 5.26 Å². The van der Waals surface area contributed by atoms with Crippen LogP contribution in [0.4, 0.5) is 0 Å². The molecule has 31 heavy (non-hydrogen) atoms. The summed E-state index contributed by atoms with van der Waals surface area (Å²) < 4.78 is 6.19. The summed E-state index contributed by atoms with van der Waals surface area (Å²) in [7, 11) is 4.01. The molecule has 158 valence electrons. The molecule has 0 saturated carbocycles. The summed E-state index contributed by atoms with van der Waals surface area (Å²) in [6.45, 7) is 6.07. The van der Waals surface area contributed by atoms with Crippen LogP contribution in [-0.2, 0) is 6.61 Å². The van der Waals surface area contributed by atoms with Crippen molar-refractivity contribution < 1.29 is 4.74 Å². The fraction of sp³-hybridized carbons (Fsp3) is 0.208. The van der Waals surface area contributed by atoms with Crippen LogP contribution in [-0.4, -0.2) is 34.7 Å². The fourth-order valence-corrected chi connectivity index (χ4v) is 4.21. The van der Waals surface area contributed by atoms with Gasteiger partial charge in [0, 0.05) is 59.3 Å². The van der Waals surface area contributed by atoms with Crippen molar-refractivity contribution >= 4 is 40.0 Å². The van der Waals surface area contributed by atoms with Crippen molar-refractivity contribution in [2.24, 2.45) is 0 Å². The van der Waals surface area contributed by atoms with Gasteiger partial charge in [-0.3, -0.25) is 4.98 Å². The summed E-state index contributed by atoms with van der Waals surface area (Å²) in [4.78, 5) is 11.8. The van der Waals surface area contributed by atoms with Crippen LogP contribution in [0.1, 0.15) is 16.8 Å². The van der Waals surface area contributed by atoms with Crippen molar-refractivity contribution in [3.05, 3.63) is 77.2 Å². The molecule has 0 radical (unpaired) electrons. The first-order chi connectivity index (χ1) is 15.0. The Morgan fingerprint density at radius 1 is 1.35 bits per heavy atom. The topological polar surface area (TPSA) is 62.0 Å². The van der Waals surface area contributed by atoms with Gasteiger partial charge in [-0.15, -0.1) is 11.8 Å². The minimum atomic E-state index is 0.252. The van der Waals surface area contributed by atoms with Gasteiger partial charge in [0.15, 0.2) is 0 Å². The number of rotatable bonds is 8. The minimum Gasteiger partial charge on any atom is -0.487 e. The molecule has 0 saturated heterocycles. The van der Waals surface area contributed by atoms with Crippen molar-refractivity contribution in [2.75, 3.05) is 19.8 Å². The van der Waals surface area contributed by atoms with E-state index < -0.39 is 0 Å². The third-order valence-electron chi connectivity index (χ3n) is 4.59. The van der Waals surface area contributed by atoms with E-state index in [9.17, 15) is 0 Å². The van der Waals surface area contributed by atoms with E-state index in [1.807, 2.05) is 45.3 Å². The molecule has 5 nitrogen and oxygen atoms in total. The molecule has 2 heterocycles. The highest BCUT2D eigenvalue weighted by atomic mass is 35.5. The summed E-state index contributed by atoms with van der Waals surface area (Å²) in [6.07, 6.45) is 7.06. The van der Waals surface area contributed by atoms with Crippen molar-refractivity contribution in [3.8, 4) is 11.8 Å². The average molecular weight is 451 g/mol. The number of halogens is 1. The van der Waals surface area contributed by atoms with E-state index in [0.29, 0.717) is 16.5 Å². The Morgan fingerprint density at radius 2 is 2.16 bits per heavy atom. The molecule has 2 aromatic heterocycles. The standard InChI is InChI=1S/C24H23ClN4OS/c1-5-7-21(29(3)4)18-12-16(2)28-24-17(18)8-6-9-22(24)30-15-19-20(25)13-27-14-23(19)31-11-10-26/h5-9,12-14H,1,11,15H2,2-4H3/b21-7-. The fourth-order valence-electron chi connectivity index (χ4n) is 3.24. The van der Waals surface area contributed by atoms with E-state index in [1.54, 1.807) is 18.5 Å². The summed E-state index contributed by atoms with van der Waals surface area (Å²) in [5, 5.41) is 10.4. The lowest BCUT2D eigenvalue weighted by Gasteiger charge is -2.20. The molecular formula is C24H23ClN4OS. The highest BCUT2D eigenvalue weighted by Gasteiger charge is 2.15. The molecule has 3 aromatic rings. The van der Waals surface area contributed by atoms with Gasteiger partial charge in [-0.1, -0.05) is 36.4 Å². The van der Waals surface area contributed by atoms with Crippen LogP contribution >= 0.6 is 23.4 Å². The largest absolute Gasteiger partial charge is 0.487 e. The molecule has 1 aromatic carbocycles. The molecule has 0 aliphatic heterocycles. The monoisotopic (exact) mass is 450 g/mol. The third-order valence-corrected chi connectivity index (χ3v) is 5.86. The molecule has 0 N–H and O–H groups in total. The lowest BCUT2D eigenvalue weighted by Crippen LogP contribution is -2.11. The predicted octanol–water partition coefficient (Wildman–Crippen LogP) is 5.87. The van der Waals surface area contributed by atoms with Gasteiger partial charge >= 0.3 is 0 Å². The lowest BCUT2D eigenvalue weighted by molar-refractivity contribution is 0.306. The van der Waals surface area contributed by atoms with E-state index in [1.165, 1.54) is 11.8 Å². The molecule has 0 unspecified atom stereocenters. The number of ether oxygens (including phenoxy) is 1. The predicted molar refractivity (Wildman–Crippen MR) is 128 cm³/mol. The van der Waals surface area contributed by atoms with Gasteiger partial charge in [-0.05, 0) is 25.1 Å². The number of hydrogen-bond donors (Lipinski definition) is 0. The summed E-state index contributed by atoms with van der Waals surface area (Å²) >= 11 is 7.77. The number of nitrogens with zero attached hydrogens (tertiary/aromatic N) is 4. The van der Waals surface area contributed by atoms with Crippen molar-refractivity contribution in [2.45, 2.75) is 18.4 Å². The zero-order chi connectivity index (χ0) is 22.4. The summed E-state index contributed by atoms with van der Waals surface area (Å²) in [6, 6.07) is 10.1. The maximum Gasteiger partial charge on any atom is 0.146 e. The molecule has 0 aliphatic carbocycles. The SMILES string of the molecule is C=C/C=C(/c1cc(C)nc2c(OCc3c(Cl)cncc3SCC#N)cccc12)N(C)C. The number of nitriles is 1. The number of allylic oxidation sites excluding steroid dienone is 2. The minimum absolute atomic E-state index is 0.252. The number of hydrogen-bond acceptors (Lipinski definition) is 6. The number of aryl methyl sites for hydroxylation is 1. The van der Waals surface area contributed by atoms with E-state index in [-0.39, 0.29) is 6.61 Å². The third kappa shape index (κ3) is 5.19. The van der Waals surface area contributed by atoms with Crippen molar-refractivity contribution in [3.63, 3.8) is 0 Å². The Balaban J connectivity index is 2.03. The Kier molecular flexibility index (Phi) is 7.56. The maximum absolute atomic E-state index is 8.91. The van der Waals surface area contributed by atoms with Crippen LogP contribution in [0.15, 0.2) is 60.3 Å². The normalized spacial score (nSPS) is 11.3. The lowest BCUT2D eigenvalue weighted by atomic mass is 10.0. The van der Waals surface area contributed by atoms with Gasteiger partial charge in [0.05, 0.1) is 16.8 Å². The van der Waals surface area contributed by atoms with Crippen LogP contribution in [0.5, 0.6) is 5.75 Å². The Hall–Kier alpha value is -3.01. The number of thioether (sulfide) groups is 1. The average Bonchev–Trinajstić information content (AvgIpc) is 2.74. The molecule has 0 atom stereocenters. The van der Waals surface area contributed by atoms with Gasteiger partial charge < -0.3 is 9.64 Å². The quantitative estimate of drug-likeness (QED) is 0.315. The van der Waals surface area contributed by atoms with Gasteiger partial charge in [-0.25, -0.2) is 4.98 Å². The Bertz CT molecular complexity index is 1180. The second-order valence-corrected chi connectivity index (χ2v) is 8.40. The molecule has 0 aliphatic rings. The van der Waals surface area contributed by atoms with E-state index in [4.69, 9.17) is 26.6 Å². The van der Waals surface area contributed by atoms with Crippen LogP contribution in [0.25, 0.3) is 16.6 Å². The van der Waals surface area contributed by atoms with Crippen molar-refractivity contribution in [1.82, 2.24) is 14.9 Å². The van der Waals surface area contributed by atoms with Gasteiger partial charge in [0.25, 0.3) is 0 Å². The first-order valence-corrected chi connectivity index (χ1v) is 11.0. The molecule has 3 rings (SSSR count). The van der Waals surface area contributed by atoms with Gasteiger partial charge in [-0.2, -0.15) is 5.26 Å². The van der Waals surface area contributed by atoms with E-state index in [0.717, 1.165) is 38.3 Å². The zero-order valence-electron chi connectivity index (χ0n) is 17.7. The number of pyridine rings is 2. The van der Waals surface area contributed by atoms with E-state index >= 15 is 0 Å². The Morgan fingerprint density at radius 3 is 2.87 bits per heavy atom. The van der Waals surface area contributed by atoms with Crippen LogP contribution < -0.4 is 4.74 Å². The smallest absolute Gasteiger partial charge is 0.146 e. The molecule has 0 spiro atoms. The summed E-state index contributed by atoms with van der Waals surface area (Å²) in [5.41, 5.74) is 4.58. The molecule has 0 bridgehead atoms. The van der Waals surface area contributed by atoms with Crippen LogP contribution in [0.3, 0.4) is 0 Å². The first kappa shape index (κ1) is 22.7. The highest BCUT2D eigenvalue weighted by Crippen LogP contribution is 2.33. The molecule has 7 heteroatoms. The Labute approximate surface area is 192 Å². The first-order valence-electron chi connectivity index (χ1n) is 9.62. The van der Waals surface area contributed by atoms with Gasteiger partial charge in [0.2, 0.25) is 0 Å². The molecular weight excluding hydrogens is 428 g/mol. The maximum atomic E-state index is 8.91. The summed E-state index contributed by atoms with van der Waals surface area (Å²) in [5.74, 6) is 0.986. The number of aromatic nitrogens is 2. The highest BCUT2D eigenvalue weighted by molar-refractivity contribution is 7.99. The zero-order valence-corrected chi connectivity index (χ0v) is 19.3. The molecule has 0 fully saturated rings. The van der Waals surface area contributed by atoms with Gasteiger partial charge in [0.1, 0.15) is 17.9 Å². The number of para-hydroxylation sites is 1. The number of fused-ring (bicyclic) bond motifs is 1. The van der Waals surface area contributed by atoms with E-state index in [2.05, 4.69) is 28.6 Å². The second-order valence-electron chi connectivity index (χ2n) is 6.98. The number of benzene rings is 1. The van der Waals surface area contributed by atoms with Crippen LogP contribution in [0, 0.1) is 18.3 Å². The van der Waals surface area contributed by atoms with Crippen LogP contribution in [0.2, 0.25) is 5.02 Å². The second kappa shape index (κ2) is 10.3. The molecule has 0 amide bonds.